The average Bonchev–Trinajstić information content (AvgIpc) is 2.53. The normalized spacial score (nSPS) is 29.9. The number of halogens is 1. The summed E-state index contributed by atoms with van der Waals surface area (Å²) in [6.07, 6.45) is -0.320. The molecule has 0 aliphatic heterocycles. The molecule has 24 heavy (non-hydrogen) atoms. The minimum absolute atomic E-state index is 0.320. The lowest BCUT2D eigenvalue weighted by atomic mass is 9.62. The lowest BCUT2D eigenvalue weighted by Crippen LogP contribution is -2.55. The molecular formula is C17H19BrO6. The number of carbonyl (C=O) groups excluding carboxylic acids is 3. The Morgan fingerprint density at radius 2 is 1.71 bits per heavy atom. The molecule has 0 radical (unpaired) electrons. The van der Waals surface area contributed by atoms with E-state index in [1.54, 1.807) is 24.3 Å². The first-order valence-corrected chi connectivity index (χ1v) is 8.18. The number of ether oxygens (including phenoxy) is 2. The third kappa shape index (κ3) is 3.37. The topological polar surface area (TPSA) is 89.9 Å². The Morgan fingerprint density at radius 3 is 2.21 bits per heavy atom. The second-order valence-electron chi connectivity index (χ2n) is 6.08. The van der Waals surface area contributed by atoms with E-state index in [9.17, 15) is 19.5 Å². The standard InChI is InChI=1S/C17H19BrO6/c1-17(22)8-11(19)13(15(20)23-2)12(14(17)16(21)24-3)9-4-6-10(18)7-5-9/h4-7,12-14,22H,8H2,1-3H3/t12-,13-,14+,17-/m1/s1. The average molecular weight is 399 g/mol. The molecule has 0 aromatic heterocycles. The minimum Gasteiger partial charge on any atom is -0.469 e. The maximum Gasteiger partial charge on any atom is 0.316 e. The number of aliphatic hydroxyl groups is 1. The van der Waals surface area contributed by atoms with E-state index in [4.69, 9.17) is 9.47 Å². The van der Waals surface area contributed by atoms with Crippen molar-refractivity contribution < 1.29 is 29.0 Å². The van der Waals surface area contributed by atoms with Gasteiger partial charge in [-0.15, -0.1) is 0 Å². The van der Waals surface area contributed by atoms with Crippen molar-refractivity contribution in [2.45, 2.75) is 24.9 Å². The Labute approximate surface area is 148 Å². The number of benzene rings is 1. The summed E-state index contributed by atoms with van der Waals surface area (Å²) < 4.78 is 10.4. The van der Waals surface area contributed by atoms with Crippen LogP contribution in [-0.4, -0.2) is 42.6 Å². The van der Waals surface area contributed by atoms with Crippen LogP contribution in [0.3, 0.4) is 0 Å². The van der Waals surface area contributed by atoms with Crippen LogP contribution < -0.4 is 0 Å². The maximum atomic E-state index is 12.5. The van der Waals surface area contributed by atoms with E-state index in [0.717, 1.165) is 4.47 Å². The number of hydrogen-bond donors (Lipinski definition) is 1. The summed E-state index contributed by atoms with van der Waals surface area (Å²) in [5, 5.41) is 10.7. The van der Waals surface area contributed by atoms with E-state index < -0.39 is 41.1 Å². The van der Waals surface area contributed by atoms with Crippen molar-refractivity contribution in [1.82, 2.24) is 0 Å². The Kier molecular flexibility index (Phi) is 5.45. The van der Waals surface area contributed by atoms with Crippen molar-refractivity contribution in [2.24, 2.45) is 11.8 Å². The zero-order chi connectivity index (χ0) is 18.1. The zero-order valence-corrected chi connectivity index (χ0v) is 15.2. The Bertz CT molecular complexity index is 652. The summed E-state index contributed by atoms with van der Waals surface area (Å²) in [5.41, 5.74) is -1.04. The van der Waals surface area contributed by atoms with Gasteiger partial charge in [-0.25, -0.2) is 0 Å². The minimum atomic E-state index is -1.62. The highest BCUT2D eigenvalue weighted by molar-refractivity contribution is 9.10. The van der Waals surface area contributed by atoms with Crippen molar-refractivity contribution in [2.75, 3.05) is 14.2 Å². The smallest absolute Gasteiger partial charge is 0.316 e. The van der Waals surface area contributed by atoms with Crippen LogP contribution in [0.4, 0.5) is 0 Å². The van der Waals surface area contributed by atoms with Gasteiger partial charge in [0, 0.05) is 16.8 Å². The first-order chi connectivity index (χ1) is 11.2. The van der Waals surface area contributed by atoms with E-state index in [2.05, 4.69) is 15.9 Å². The highest BCUT2D eigenvalue weighted by Crippen LogP contribution is 2.46. The quantitative estimate of drug-likeness (QED) is 0.616. The Balaban J connectivity index is 2.63. The number of carbonyl (C=O) groups is 3. The predicted octanol–water partition coefficient (Wildman–Crippen LogP) is 1.83. The monoisotopic (exact) mass is 398 g/mol. The van der Waals surface area contributed by atoms with E-state index >= 15 is 0 Å². The number of esters is 2. The van der Waals surface area contributed by atoms with Crippen LogP contribution in [0.25, 0.3) is 0 Å². The van der Waals surface area contributed by atoms with E-state index in [0.29, 0.717) is 5.56 Å². The Morgan fingerprint density at radius 1 is 1.17 bits per heavy atom. The molecule has 0 heterocycles. The largest absolute Gasteiger partial charge is 0.469 e. The molecule has 1 aromatic carbocycles. The number of Topliss-reactive ketones (excluding diaryl/α,β-unsaturated/α-hetero) is 1. The van der Waals surface area contributed by atoms with Crippen molar-refractivity contribution in [3.63, 3.8) is 0 Å². The van der Waals surface area contributed by atoms with Gasteiger partial charge in [-0.2, -0.15) is 0 Å². The van der Waals surface area contributed by atoms with Crippen LogP contribution in [0.15, 0.2) is 28.7 Å². The first-order valence-electron chi connectivity index (χ1n) is 7.39. The van der Waals surface area contributed by atoms with Gasteiger partial charge in [-0.05, 0) is 24.6 Å². The van der Waals surface area contributed by atoms with Crippen LogP contribution in [0.5, 0.6) is 0 Å². The third-order valence-corrected chi connectivity index (χ3v) is 4.96. The molecule has 1 aliphatic carbocycles. The van der Waals surface area contributed by atoms with Gasteiger partial charge in [0.1, 0.15) is 5.92 Å². The number of methoxy groups -OCH3 is 2. The predicted molar refractivity (Wildman–Crippen MR) is 88.1 cm³/mol. The number of rotatable bonds is 3. The van der Waals surface area contributed by atoms with Gasteiger partial charge >= 0.3 is 11.9 Å². The highest BCUT2D eigenvalue weighted by atomic mass is 79.9. The van der Waals surface area contributed by atoms with Crippen molar-refractivity contribution in [1.29, 1.82) is 0 Å². The molecule has 2 rings (SSSR count). The van der Waals surface area contributed by atoms with Gasteiger partial charge in [0.2, 0.25) is 0 Å². The van der Waals surface area contributed by atoms with Crippen LogP contribution in [0.2, 0.25) is 0 Å². The maximum absolute atomic E-state index is 12.5. The lowest BCUT2D eigenvalue weighted by molar-refractivity contribution is -0.170. The molecule has 0 amide bonds. The summed E-state index contributed by atoms with van der Waals surface area (Å²) in [6.45, 7) is 1.41. The molecule has 0 saturated heterocycles. The van der Waals surface area contributed by atoms with Crippen LogP contribution in [-0.2, 0) is 23.9 Å². The van der Waals surface area contributed by atoms with Crippen LogP contribution in [0, 0.1) is 11.8 Å². The SMILES string of the molecule is COC(=O)[C@@H]1C(=O)C[C@@](C)(O)[C@H](C(=O)OC)[C@@H]1c1ccc(Br)cc1. The van der Waals surface area contributed by atoms with Gasteiger partial charge in [0.25, 0.3) is 0 Å². The van der Waals surface area contributed by atoms with Gasteiger partial charge in [-0.1, -0.05) is 28.1 Å². The third-order valence-electron chi connectivity index (χ3n) is 4.43. The van der Waals surface area contributed by atoms with Gasteiger partial charge in [-0.3, -0.25) is 14.4 Å². The molecule has 1 N–H and O–H groups in total. The van der Waals surface area contributed by atoms with Gasteiger partial charge in [0.05, 0.1) is 25.7 Å². The fourth-order valence-corrected chi connectivity index (χ4v) is 3.62. The molecule has 1 saturated carbocycles. The molecule has 6 nitrogen and oxygen atoms in total. The molecule has 1 fully saturated rings. The van der Waals surface area contributed by atoms with E-state index in [1.165, 1.54) is 21.1 Å². The molecule has 7 heteroatoms. The second-order valence-corrected chi connectivity index (χ2v) is 6.99. The van der Waals surface area contributed by atoms with Crippen molar-refractivity contribution in [3.8, 4) is 0 Å². The molecular weight excluding hydrogens is 380 g/mol. The van der Waals surface area contributed by atoms with Gasteiger partial charge in [0.15, 0.2) is 5.78 Å². The van der Waals surface area contributed by atoms with Crippen LogP contribution >= 0.6 is 15.9 Å². The summed E-state index contributed by atoms with van der Waals surface area (Å²) >= 11 is 3.32. The molecule has 4 atom stereocenters. The van der Waals surface area contributed by atoms with E-state index in [-0.39, 0.29) is 6.42 Å². The molecule has 1 aromatic rings. The highest BCUT2D eigenvalue weighted by Gasteiger charge is 2.56. The van der Waals surface area contributed by atoms with Crippen LogP contribution in [0.1, 0.15) is 24.8 Å². The van der Waals surface area contributed by atoms with Crippen molar-refractivity contribution >= 4 is 33.7 Å². The Hall–Kier alpha value is -1.73. The fourth-order valence-electron chi connectivity index (χ4n) is 3.35. The zero-order valence-electron chi connectivity index (χ0n) is 13.6. The molecule has 1 aliphatic rings. The second kappa shape index (κ2) is 7.03. The number of hydrogen-bond acceptors (Lipinski definition) is 6. The molecule has 0 spiro atoms. The molecule has 130 valence electrons. The van der Waals surface area contributed by atoms with Gasteiger partial charge < -0.3 is 14.6 Å². The van der Waals surface area contributed by atoms with Crippen molar-refractivity contribution in [3.05, 3.63) is 34.3 Å². The summed E-state index contributed by atoms with van der Waals surface area (Å²) in [6, 6.07) is 6.89. The van der Waals surface area contributed by atoms with E-state index in [1.807, 2.05) is 0 Å². The molecule has 0 unspecified atom stereocenters. The summed E-state index contributed by atoms with van der Waals surface area (Å²) in [7, 11) is 2.40. The first kappa shape index (κ1) is 18.6. The number of ketones is 1. The fraction of sp³-hybridized carbons (Fsp3) is 0.471. The summed E-state index contributed by atoms with van der Waals surface area (Å²) in [5.74, 6) is -4.95. The molecule has 0 bridgehead atoms. The summed E-state index contributed by atoms with van der Waals surface area (Å²) in [4.78, 5) is 37.0. The lowest BCUT2D eigenvalue weighted by Gasteiger charge is -2.43.